The summed E-state index contributed by atoms with van der Waals surface area (Å²) in [5.74, 6) is 1.03. The molecule has 5 nitrogen and oxygen atoms in total. The van der Waals surface area contributed by atoms with E-state index in [4.69, 9.17) is 5.11 Å². The maximum absolute atomic E-state index is 8.92. The van der Waals surface area contributed by atoms with Crippen LogP contribution in [0.5, 0.6) is 0 Å². The van der Waals surface area contributed by atoms with E-state index in [1.165, 1.54) is 5.56 Å². The maximum Gasteiger partial charge on any atom is 0.243 e. The van der Waals surface area contributed by atoms with Gasteiger partial charge in [-0.1, -0.05) is 6.92 Å². The summed E-state index contributed by atoms with van der Waals surface area (Å²) in [7, 11) is 0. The molecule has 98 valence electrons. The number of aliphatic hydroxyl groups excluding tert-OH is 1. The van der Waals surface area contributed by atoms with Crippen LogP contribution in [0, 0.1) is 12.8 Å². The van der Waals surface area contributed by atoms with Crippen LogP contribution in [0.2, 0.25) is 0 Å². The zero-order chi connectivity index (χ0) is 13.0. The Morgan fingerprint density at radius 3 is 3.11 bits per heavy atom. The minimum atomic E-state index is 0.256. The second kappa shape index (κ2) is 5.82. The summed E-state index contributed by atoms with van der Waals surface area (Å²) in [5.41, 5.74) is 2.04. The predicted molar refractivity (Wildman–Crippen MR) is 71.7 cm³/mol. The first kappa shape index (κ1) is 12.8. The van der Waals surface area contributed by atoms with Gasteiger partial charge < -0.3 is 10.4 Å². The van der Waals surface area contributed by atoms with E-state index in [9.17, 15) is 0 Å². The molecule has 0 amide bonds. The van der Waals surface area contributed by atoms with E-state index in [0.717, 1.165) is 25.0 Å². The molecule has 0 radical (unpaired) electrons. The SMILES string of the molecule is Cc1ccn2nc(NCCCC(C)CO)nc2c1. The van der Waals surface area contributed by atoms with E-state index in [1.807, 2.05) is 32.2 Å². The molecule has 0 spiro atoms. The lowest BCUT2D eigenvalue weighted by atomic mass is 10.1. The highest BCUT2D eigenvalue weighted by atomic mass is 16.3. The molecule has 2 aromatic heterocycles. The molecule has 5 heteroatoms. The van der Waals surface area contributed by atoms with Crippen molar-refractivity contribution < 1.29 is 5.11 Å². The highest BCUT2D eigenvalue weighted by molar-refractivity contribution is 5.45. The number of aryl methyl sites for hydroxylation is 1. The minimum Gasteiger partial charge on any atom is -0.396 e. The molecule has 0 bridgehead atoms. The maximum atomic E-state index is 8.92. The lowest BCUT2D eigenvalue weighted by Crippen LogP contribution is -2.07. The second-order valence-electron chi connectivity index (χ2n) is 4.80. The fraction of sp³-hybridized carbons (Fsp3) is 0.538. The standard InChI is InChI=1S/C13H20N4O/c1-10-5-7-17-12(8-10)15-13(16-17)14-6-3-4-11(2)9-18/h5,7-8,11,18H,3-4,6,9H2,1-2H3,(H,14,16). The van der Waals surface area contributed by atoms with Gasteiger partial charge in [-0.2, -0.15) is 4.98 Å². The average molecular weight is 248 g/mol. The molecular weight excluding hydrogens is 228 g/mol. The summed E-state index contributed by atoms with van der Waals surface area (Å²) in [6.07, 6.45) is 3.93. The molecule has 0 fully saturated rings. The van der Waals surface area contributed by atoms with Crippen LogP contribution in [0.3, 0.4) is 0 Å². The third-order valence-electron chi connectivity index (χ3n) is 2.96. The molecule has 0 aromatic carbocycles. The van der Waals surface area contributed by atoms with Crippen molar-refractivity contribution in [2.45, 2.75) is 26.7 Å². The Kier molecular flexibility index (Phi) is 4.15. The summed E-state index contributed by atoms with van der Waals surface area (Å²) in [6.45, 7) is 5.18. The second-order valence-corrected chi connectivity index (χ2v) is 4.80. The van der Waals surface area contributed by atoms with Crippen LogP contribution in [-0.4, -0.2) is 32.9 Å². The molecule has 1 atom stereocenters. The van der Waals surface area contributed by atoms with Gasteiger partial charge in [0.1, 0.15) is 0 Å². The van der Waals surface area contributed by atoms with Gasteiger partial charge in [0.25, 0.3) is 0 Å². The Hall–Kier alpha value is -1.62. The van der Waals surface area contributed by atoms with E-state index in [1.54, 1.807) is 4.52 Å². The molecule has 1 unspecified atom stereocenters. The number of nitrogens with one attached hydrogen (secondary N) is 1. The first-order valence-corrected chi connectivity index (χ1v) is 6.37. The molecule has 2 aromatic rings. The number of hydrogen-bond donors (Lipinski definition) is 2. The molecule has 0 aliphatic rings. The van der Waals surface area contributed by atoms with Gasteiger partial charge in [0.15, 0.2) is 5.65 Å². The fourth-order valence-corrected chi connectivity index (χ4v) is 1.80. The van der Waals surface area contributed by atoms with Gasteiger partial charge in [0, 0.05) is 19.3 Å². The van der Waals surface area contributed by atoms with E-state index in [0.29, 0.717) is 11.9 Å². The van der Waals surface area contributed by atoms with Gasteiger partial charge in [0.2, 0.25) is 5.95 Å². The Balaban J connectivity index is 1.88. The number of pyridine rings is 1. The molecular formula is C13H20N4O. The van der Waals surface area contributed by atoms with Crippen molar-refractivity contribution in [1.29, 1.82) is 0 Å². The van der Waals surface area contributed by atoms with Crippen molar-refractivity contribution >= 4 is 11.6 Å². The third-order valence-corrected chi connectivity index (χ3v) is 2.96. The smallest absolute Gasteiger partial charge is 0.243 e. The van der Waals surface area contributed by atoms with E-state index < -0.39 is 0 Å². The zero-order valence-corrected chi connectivity index (χ0v) is 10.9. The number of anilines is 1. The molecule has 2 N–H and O–H groups in total. The van der Waals surface area contributed by atoms with Crippen molar-refractivity contribution in [2.24, 2.45) is 5.92 Å². The first-order chi connectivity index (χ1) is 8.69. The zero-order valence-electron chi connectivity index (χ0n) is 10.9. The summed E-state index contributed by atoms with van der Waals surface area (Å²) < 4.78 is 1.77. The van der Waals surface area contributed by atoms with Crippen molar-refractivity contribution in [3.8, 4) is 0 Å². The van der Waals surface area contributed by atoms with E-state index in [2.05, 4.69) is 15.4 Å². The van der Waals surface area contributed by atoms with Crippen molar-refractivity contribution in [1.82, 2.24) is 14.6 Å². The number of nitrogens with zero attached hydrogens (tertiary/aromatic N) is 3. The predicted octanol–water partition coefficient (Wildman–Crippen LogP) is 1.86. The number of hydrogen-bond acceptors (Lipinski definition) is 4. The monoisotopic (exact) mass is 248 g/mol. The summed E-state index contributed by atoms with van der Waals surface area (Å²) in [5, 5.41) is 16.5. The largest absolute Gasteiger partial charge is 0.396 e. The lowest BCUT2D eigenvalue weighted by Gasteiger charge is -2.06. The fourth-order valence-electron chi connectivity index (χ4n) is 1.80. The molecule has 18 heavy (non-hydrogen) atoms. The van der Waals surface area contributed by atoms with Crippen LogP contribution < -0.4 is 5.32 Å². The highest BCUT2D eigenvalue weighted by Gasteiger charge is 2.03. The topological polar surface area (TPSA) is 62.5 Å². The molecule has 0 saturated carbocycles. The summed E-state index contributed by atoms with van der Waals surface area (Å²) in [4.78, 5) is 4.40. The van der Waals surface area contributed by atoms with Gasteiger partial charge in [0.05, 0.1) is 0 Å². The Morgan fingerprint density at radius 2 is 2.33 bits per heavy atom. The lowest BCUT2D eigenvalue weighted by molar-refractivity contribution is 0.229. The van der Waals surface area contributed by atoms with Gasteiger partial charge in [-0.15, -0.1) is 5.10 Å². The number of fused-ring (bicyclic) bond motifs is 1. The van der Waals surface area contributed by atoms with Crippen LogP contribution in [0.4, 0.5) is 5.95 Å². The molecule has 0 saturated heterocycles. The Labute approximate surface area is 107 Å². The number of aliphatic hydroxyl groups is 1. The number of aromatic nitrogens is 3. The van der Waals surface area contributed by atoms with Gasteiger partial charge in [-0.05, 0) is 43.4 Å². The van der Waals surface area contributed by atoms with Crippen molar-refractivity contribution in [3.63, 3.8) is 0 Å². The molecule has 0 aliphatic carbocycles. The quantitative estimate of drug-likeness (QED) is 0.766. The van der Waals surface area contributed by atoms with E-state index in [-0.39, 0.29) is 6.61 Å². The minimum absolute atomic E-state index is 0.256. The highest BCUT2D eigenvalue weighted by Crippen LogP contribution is 2.08. The van der Waals surface area contributed by atoms with Crippen molar-refractivity contribution in [2.75, 3.05) is 18.5 Å². The summed E-state index contributed by atoms with van der Waals surface area (Å²) in [6, 6.07) is 4.01. The van der Waals surface area contributed by atoms with Crippen LogP contribution >= 0.6 is 0 Å². The normalized spacial score (nSPS) is 12.8. The third kappa shape index (κ3) is 3.20. The van der Waals surface area contributed by atoms with Crippen LogP contribution in [0.25, 0.3) is 5.65 Å². The van der Waals surface area contributed by atoms with Crippen LogP contribution in [0.1, 0.15) is 25.3 Å². The molecule has 0 aliphatic heterocycles. The van der Waals surface area contributed by atoms with E-state index >= 15 is 0 Å². The van der Waals surface area contributed by atoms with Crippen molar-refractivity contribution in [3.05, 3.63) is 23.9 Å². The van der Waals surface area contributed by atoms with Gasteiger partial charge in [-0.3, -0.25) is 0 Å². The molecule has 2 heterocycles. The summed E-state index contributed by atoms with van der Waals surface area (Å²) >= 11 is 0. The Bertz CT molecular complexity index is 509. The van der Waals surface area contributed by atoms with Crippen LogP contribution in [0.15, 0.2) is 18.3 Å². The van der Waals surface area contributed by atoms with Crippen LogP contribution in [-0.2, 0) is 0 Å². The Morgan fingerprint density at radius 1 is 1.50 bits per heavy atom. The molecule has 2 rings (SSSR count). The van der Waals surface area contributed by atoms with Gasteiger partial charge in [-0.25, -0.2) is 4.52 Å². The average Bonchev–Trinajstić information content (AvgIpc) is 2.76. The first-order valence-electron chi connectivity index (χ1n) is 6.37. The van der Waals surface area contributed by atoms with Gasteiger partial charge >= 0.3 is 0 Å². The number of rotatable bonds is 6.